The Balaban J connectivity index is 4.08. The predicted molar refractivity (Wildman–Crippen MR) is 46.4 cm³/mol. The maximum absolute atomic E-state index is 11.0. The van der Waals surface area contributed by atoms with Gasteiger partial charge in [-0.2, -0.15) is 0 Å². The second-order valence-corrected chi connectivity index (χ2v) is 3.26. The normalized spacial score (nSPS) is 9.70. The van der Waals surface area contributed by atoms with Crippen LogP contribution in [0.5, 0.6) is 0 Å². The molecular formula is C6H10INO2. The Morgan fingerprint density at radius 3 is 1.90 bits per heavy atom. The topological polar surface area (TPSA) is 37.4 Å². The minimum atomic E-state index is -0.223. The van der Waals surface area contributed by atoms with E-state index in [1.165, 1.54) is 6.92 Å². The summed E-state index contributed by atoms with van der Waals surface area (Å²) in [6.07, 6.45) is 0. The monoisotopic (exact) mass is 255 g/mol. The first kappa shape index (κ1) is 9.87. The minimum absolute atomic E-state index is 0.110. The number of hydrogen-bond acceptors (Lipinski definition) is 2. The molecule has 0 aliphatic heterocycles. The Morgan fingerprint density at radius 1 is 1.40 bits per heavy atom. The van der Waals surface area contributed by atoms with Gasteiger partial charge in [-0.15, -0.1) is 0 Å². The van der Waals surface area contributed by atoms with E-state index >= 15 is 0 Å². The molecule has 0 spiro atoms. The maximum Gasteiger partial charge on any atom is 0.240 e. The maximum atomic E-state index is 11.0. The van der Waals surface area contributed by atoms with Crippen LogP contribution < -0.4 is 0 Å². The van der Waals surface area contributed by atoms with Gasteiger partial charge in [-0.25, -0.2) is 3.11 Å². The van der Waals surface area contributed by atoms with Crippen LogP contribution in [-0.4, -0.2) is 14.9 Å². The van der Waals surface area contributed by atoms with Gasteiger partial charge in [-0.05, 0) is 0 Å². The van der Waals surface area contributed by atoms with Crippen molar-refractivity contribution in [3.8, 4) is 0 Å². The first-order valence-electron chi connectivity index (χ1n) is 2.97. The van der Waals surface area contributed by atoms with Gasteiger partial charge in [-0.3, -0.25) is 9.59 Å². The smallest absolute Gasteiger partial charge is 0.240 e. The lowest BCUT2D eigenvalue weighted by Crippen LogP contribution is -2.28. The molecule has 0 bridgehead atoms. The third-order valence-corrected chi connectivity index (χ3v) is 2.12. The zero-order valence-electron chi connectivity index (χ0n) is 6.22. The van der Waals surface area contributed by atoms with Crippen LogP contribution in [0.25, 0.3) is 0 Å². The predicted octanol–water partition coefficient (Wildman–Crippen LogP) is 1.37. The van der Waals surface area contributed by atoms with E-state index in [9.17, 15) is 9.59 Å². The van der Waals surface area contributed by atoms with Crippen molar-refractivity contribution in [2.45, 2.75) is 20.8 Å². The van der Waals surface area contributed by atoms with Crippen LogP contribution in [0.4, 0.5) is 0 Å². The Labute approximate surface area is 74.3 Å². The zero-order chi connectivity index (χ0) is 8.31. The standard InChI is InChI=1S/C6H10INO2/c1-4(2)6(10)8(7)5(3)9/h4H,1-3H3. The highest BCUT2D eigenvalue weighted by atomic mass is 127. The van der Waals surface area contributed by atoms with Crippen LogP contribution in [0.15, 0.2) is 0 Å². The molecule has 0 fully saturated rings. The van der Waals surface area contributed by atoms with Crippen LogP contribution in [0.3, 0.4) is 0 Å². The van der Waals surface area contributed by atoms with Gasteiger partial charge in [0, 0.05) is 12.8 Å². The minimum Gasteiger partial charge on any atom is -0.274 e. The van der Waals surface area contributed by atoms with E-state index in [-0.39, 0.29) is 17.7 Å². The van der Waals surface area contributed by atoms with Crippen molar-refractivity contribution in [3.05, 3.63) is 0 Å². The molecule has 3 nitrogen and oxygen atoms in total. The molecule has 10 heavy (non-hydrogen) atoms. The average Bonchev–Trinajstić information content (AvgIpc) is 1.84. The van der Waals surface area contributed by atoms with Crippen molar-refractivity contribution in [1.29, 1.82) is 0 Å². The summed E-state index contributed by atoms with van der Waals surface area (Å²) >= 11 is 1.71. The molecule has 0 aliphatic carbocycles. The fraction of sp³-hybridized carbons (Fsp3) is 0.667. The number of carbonyl (C=O) groups is 2. The van der Waals surface area contributed by atoms with Crippen LogP contribution >= 0.6 is 22.9 Å². The number of nitrogens with zero attached hydrogens (tertiary/aromatic N) is 1. The van der Waals surface area contributed by atoms with E-state index in [1.807, 2.05) is 0 Å². The van der Waals surface area contributed by atoms with Gasteiger partial charge in [0.1, 0.15) is 0 Å². The van der Waals surface area contributed by atoms with Crippen molar-refractivity contribution in [2.75, 3.05) is 0 Å². The third kappa shape index (κ3) is 2.64. The number of halogens is 1. The van der Waals surface area contributed by atoms with Crippen LogP contribution in [-0.2, 0) is 9.59 Å². The number of hydrogen-bond donors (Lipinski definition) is 0. The van der Waals surface area contributed by atoms with Crippen LogP contribution in [0.1, 0.15) is 20.8 Å². The Hall–Kier alpha value is -0.130. The SMILES string of the molecule is CC(=O)N(I)C(=O)C(C)C. The molecule has 0 aromatic rings. The lowest BCUT2D eigenvalue weighted by Gasteiger charge is -2.11. The molecule has 0 atom stereocenters. The van der Waals surface area contributed by atoms with E-state index in [1.54, 1.807) is 36.7 Å². The van der Waals surface area contributed by atoms with E-state index < -0.39 is 0 Å². The van der Waals surface area contributed by atoms with Crippen molar-refractivity contribution in [3.63, 3.8) is 0 Å². The largest absolute Gasteiger partial charge is 0.274 e. The van der Waals surface area contributed by atoms with Crippen molar-refractivity contribution in [2.24, 2.45) is 5.92 Å². The molecule has 0 saturated heterocycles. The number of amides is 2. The van der Waals surface area contributed by atoms with Gasteiger partial charge in [0.2, 0.25) is 11.8 Å². The van der Waals surface area contributed by atoms with Crippen molar-refractivity contribution >= 4 is 34.7 Å². The summed E-state index contributed by atoms with van der Waals surface area (Å²) < 4.78 is 1.10. The number of carbonyl (C=O) groups excluding carboxylic acids is 2. The highest BCUT2D eigenvalue weighted by Gasteiger charge is 2.17. The van der Waals surface area contributed by atoms with Gasteiger partial charge >= 0.3 is 0 Å². The summed E-state index contributed by atoms with van der Waals surface area (Å²) in [6, 6.07) is 0. The van der Waals surface area contributed by atoms with Crippen molar-refractivity contribution < 1.29 is 9.59 Å². The molecule has 0 rings (SSSR count). The first-order valence-corrected chi connectivity index (χ1v) is 3.93. The van der Waals surface area contributed by atoms with Gasteiger partial charge in [0.05, 0.1) is 22.9 Å². The third-order valence-electron chi connectivity index (χ3n) is 0.964. The molecule has 0 aliphatic rings. The molecule has 0 radical (unpaired) electrons. The van der Waals surface area contributed by atoms with Gasteiger partial charge < -0.3 is 0 Å². The van der Waals surface area contributed by atoms with Crippen LogP contribution in [0, 0.1) is 5.92 Å². The van der Waals surface area contributed by atoms with Crippen molar-refractivity contribution in [1.82, 2.24) is 3.11 Å². The quantitative estimate of drug-likeness (QED) is 0.524. The Morgan fingerprint density at radius 2 is 1.80 bits per heavy atom. The highest BCUT2D eigenvalue weighted by molar-refractivity contribution is 14.1. The molecule has 0 unspecified atom stereocenters. The molecule has 0 aromatic heterocycles. The molecule has 0 heterocycles. The fourth-order valence-corrected chi connectivity index (χ4v) is 0.939. The molecular weight excluding hydrogens is 245 g/mol. The average molecular weight is 255 g/mol. The fourth-order valence-electron chi connectivity index (χ4n) is 0.382. The van der Waals surface area contributed by atoms with E-state index in [4.69, 9.17) is 0 Å². The summed E-state index contributed by atoms with van der Waals surface area (Å²) in [5.41, 5.74) is 0. The summed E-state index contributed by atoms with van der Waals surface area (Å²) in [5.74, 6) is -0.479. The second kappa shape index (κ2) is 3.90. The van der Waals surface area contributed by atoms with E-state index in [0.717, 1.165) is 3.11 Å². The molecule has 0 aromatic carbocycles. The summed E-state index contributed by atoms with van der Waals surface area (Å²) in [6.45, 7) is 4.89. The van der Waals surface area contributed by atoms with E-state index in [0.29, 0.717) is 0 Å². The summed E-state index contributed by atoms with van der Waals surface area (Å²) in [5, 5.41) is 0. The number of imide groups is 1. The lowest BCUT2D eigenvalue weighted by atomic mass is 10.2. The van der Waals surface area contributed by atoms with Gasteiger partial charge in [0.25, 0.3) is 0 Å². The zero-order valence-corrected chi connectivity index (χ0v) is 8.38. The van der Waals surface area contributed by atoms with Gasteiger partial charge in [0.15, 0.2) is 0 Å². The molecule has 0 saturated carbocycles. The number of rotatable bonds is 1. The molecule has 4 heteroatoms. The van der Waals surface area contributed by atoms with Gasteiger partial charge in [-0.1, -0.05) is 13.8 Å². The molecule has 2 amide bonds. The lowest BCUT2D eigenvalue weighted by molar-refractivity contribution is -0.137. The Bertz CT molecular complexity index is 156. The highest BCUT2D eigenvalue weighted by Crippen LogP contribution is 2.06. The molecule has 0 N–H and O–H groups in total. The summed E-state index contributed by atoms with van der Waals surface area (Å²) in [4.78, 5) is 21.6. The van der Waals surface area contributed by atoms with Crippen LogP contribution in [0.2, 0.25) is 0 Å². The summed E-state index contributed by atoms with van der Waals surface area (Å²) in [7, 11) is 0. The van der Waals surface area contributed by atoms with E-state index in [2.05, 4.69) is 0 Å². The second-order valence-electron chi connectivity index (χ2n) is 2.29. The first-order chi connectivity index (χ1) is 4.46. The Kier molecular flexibility index (Phi) is 3.85. The molecule has 58 valence electrons.